The first-order valence-electron chi connectivity index (χ1n) is 2.13. The predicted molar refractivity (Wildman–Crippen MR) is 21.2 cm³/mol. The monoisotopic (exact) mass is 72.1 g/mol. The fourth-order valence-electron chi connectivity index (χ4n) is 0.424. The van der Waals surface area contributed by atoms with Gasteiger partial charge in [0.25, 0.3) is 0 Å². The zero-order valence-corrected chi connectivity index (χ0v) is 3.78. The Morgan fingerprint density at radius 2 is 2.00 bits per heavy atom. The number of nitrogens with one attached hydrogen (secondary N) is 1. The number of hydrogen-bond acceptors (Lipinski definition) is 0. The molecule has 0 amide bonds. The van der Waals surface area contributed by atoms with Crippen molar-refractivity contribution >= 4 is 0 Å². The third kappa shape index (κ3) is 0.428. The van der Waals surface area contributed by atoms with Gasteiger partial charge in [-0.15, -0.1) is 0 Å². The first kappa shape index (κ1) is 3.16. The summed E-state index contributed by atoms with van der Waals surface area (Å²) in [5.74, 6) is 0. The van der Waals surface area contributed by atoms with Gasteiger partial charge in [0.1, 0.15) is 12.6 Å². The predicted octanol–water partition coefficient (Wildman–Crippen LogP) is -1.10. The first-order valence-corrected chi connectivity index (χ1v) is 2.13. The van der Waals surface area contributed by atoms with Crippen LogP contribution in [0.25, 0.3) is 0 Å². The van der Waals surface area contributed by atoms with Crippen LogP contribution in [0.5, 0.6) is 0 Å². The molecule has 5 heavy (non-hydrogen) atoms. The Bertz CT molecular complexity index is 36.9. The lowest BCUT2D eigenvalue weighted by Crippen LogP contribution is -2.89. The molecule has 1 aliphatic heterocycles. The minimum Gasteiger partial charge on any atom is -0.326 e. The Morgan fingerprint density at radius 3 is 2.00 bits per heavy atom. The summed E-state index contributed by atoms with van der Waals surface area (Å²) in [4.78, 5) is 1.67. The highest BCUT2D eigenvalue weighted by atomic mass is 15.3. The van der Waals surface area contributed by atoms with Crippen molar-refractivity contribution in [1.82, 2.24) is 0 Å². The molecule has 1 fully saturated rings. The Hall–Kier alpha value is -0.0400. The van der Waals surface area contributed by atoms with E-state index in [-0.39, 0.29) is 0 Å². The van der Waals surface area contributed by atoms with Crippen molar-refractivity contribution in [3.05, 3.63) is 0 Å². The molecule has 0 aliphatic carbocycles. The molecule has 0 aromatic carbocycles. The number of hydrogen-bond donors (Lipinski definition) is 1. The molecule has 1 nitrogen and oxygen atoms in total. The fraction of sp³-hybridized carbons (Fsp3) is 1.00. The normalized spacial score (nSPS) is 49.2. The zero-order valence-electron chi connectivity index (χ0n) is 3.78. The molecule has 2 atom stereocenters. The van der Waals surface area contributed by atoms with Gasteiger partial charge in [-0.2, -0.15) is 0 Å². The van der Waals surface area contributed by atoms with Crippen LogP contribution < -0.4 is 4.90 Å². The van der Waals surface area contributed by atoms with Crippen LogP contribution in [0.2, 0.25) is 0 Å². The van der Waals surface area contributed by atoms with Crippen LogP contribution in [-0.4, -0.2) is 19.6 Å². The van der Waals surface area contributed by atoms with Crippen molar-refractivity contribution in [2.45, 2.75) is 13.0 Å². The van der Waals surface area contributed by atoms with Gasteiger partial charge < -0.3 is 4.90 Å². The third-order valence-corrected chi connectivity index (χ3v) is 1.31. The van der Waals surface area contributed by atoms with Crippen molar-refractivity contribution in [2.75, 3.05) is 13.6 Å². The standard InChI is InChI=1S/C4H9N/c1-4-3-5(4)2/h4H,3H2,1-2H3/p+1/t4-,5?/m0/s1. The topological polar surface area (TPSA) is 4.44 Å². The van der Waals surface area contributed by atoms with Crippen LogP contribution in [0.1, 0.15) is 6.92 Å². The second-order valence-corrected chi connectivity index (χ2v) is 1.95. The van der Waals surface area contributed by atoms with Crippen molar-refractivity contribution in [1.29, 1.82) is 0 Å². The van der Waals surface area contributed by atoms with Crippen molar-refractivity contribution < 1.29 is 4.90 Å². The second kappa shape index (κ2) is 0.716. The summed E-state index contributed by atoms with van der Waals surface area (Å²) in [5.41, 5.74) is 0. The Morgan fingerprint density at radius 1 is 1.80 bits per heavy atom. The Kier molecular flexibility index (Phi) is 0.453. The third-order valence-electron chi connectivity index (χ3n) is 1.31. The SMILES string of the molecule is C[C@H]1C[NH+]1C. The molecule has 1 N–H and O–H groups in total. The van der Waals surface area contributed by atoms with Gasteiger partial charge in [0.15, 0.2) is 0 Å². The van der Waals surface area contributed by atoms with Gasteiger partial charge in [0.05, 0.1) is 7.05 Å². The molecule has 0 aromatic rings. The van der Waals surface area contributed by atoms with Crippen LogP contribution in [0, 0.1) is 0 Å². The van der Waals surface area contributed by atoms with Crippen LogP contribution in [0.3, 0.4) is 0 Å². The lowest BCUT2D eigenvalue weighted by atomic mass is 10.6. The van der Waals surface area contributed by atoms with Crippen LogP contribution >= 0.6 is 0 Å². The van der Waals surface area contributed by atoms with Crippen LogP contribution in [0.4, 0.5) is 0 Å². The molecular weight excluding hydrogens is 62.1 g/mol. The maximum Gasteiger partial charge on any atom is 0.134 e. The summed E-state index contributed by atoms with van der Waals surface area (Å²) in [6, 6.07) is 0.968. The van der Waals surface area contributed by atoms with Gasteiger partial charge in [-0.05, 0) is 6.92 Å². The molecule has 0 radical (unpaired) electrons. The summed E-state index contributed by atoms with van der Waals surface area (Å²) in [6.45, 7) is 3.65. The van der Waals surface area contributed by atoms with E-state index < -0.39 is 0 Å². The maximum absolute atomic E-state index is 2.26. The van der Waals surface area contributed by atoms with Gasteiger partial charge in [0.2, 0.25) is 0 Å². The average Bonchev–Trinajstić information content (AvgIpc) is 1.79. The van der Waals surface area contributed by atoms with Crippen molar-refractivity contribution in [3.63, 3.8) is 0 Å². The molecule has 1 saturated heterocycles. The lowest BCUT2D eigenvalue weighted by molar-refractivity contribution is -0.748. The number of likely N-dealkylation sites (N-methyl/N-ethyl adjacent to an activating group) is 1. The minimum absolute atomic E-state index is 0.968. The highest BCUT2D eigenvalue weighted by Gasteiger charge is 2.29. The zero-order chi connectivity index (χ0) is 3.86. The molecule has 0 bridgehead atoms. The average molecular weight is 72.1 g/mol. The minimum atomic E-state index is 0.968. The second-order valence-electron chi connectivity index (χ2n) is 1.95. The van der Waals surface area contributed by atoms with Gasteiger partial charge in [-0.25, -0.2) is 0 Å². The van der Waals surface area contributed by atoms with Gasteiger partial charge in [-0.3, -0.25) is 0 Å². The van der Waals surface area contributed by atoms with E-state index in [2.05, 4.69) is 14.0 Å². The molecule has 1 unspecified atom stereocenters. The van der Waals surface area contributed by atoms with E-state index in [0.29, 0.717) is 0 Å². The van der Waals surface area contributed by atoms with E-state index in [1.165, 1.54) is 6.54 Å². The van der Waals surface area contributed by atoms with Crippen LogP contribution in [0.15, 0.2) is 0 Å². The molecular formula is C4H10N+. The van der Waals surface area contributed by atoms with E-state index in [1.54, 1.807) is 4.90 Å². The quantitative estimate of drug-likeness (QED) is 0.347. The summed E-state index contributed by atoms with van der Waals surface area (Å²) in [5, 5.41) is 0. The Balaban J connectivity index is 2.20. The maximum atomic E-state index is 2.26. The van der Waals surface area contributed by atoms with Gasteiger partial charge in [0, 0.05) is 0 Å². The summed E-state index contributed by atoms with van der Waals surface area (Å²) < 4.78 is 0. The van der Waals surface area contributed by atoms with Crippen molar-refractivity contribution in [3.8, 4) is 0 Å². The fourth-order valence-corrected chi connectivity index (χ4v) is 0.424. The molecule has 1 heteroatoms. The van der Waals surface area contributed by atoms with Crippen molar-refractivity contribution in [2.24, 2.45) is 0 Å². The molecule has 1 heterocycles. The highest BCUT2D eigenvalue weighted by Crippen LogP contribution is 1.77. The first-order chi connectivity index (χ1) is 2.30. The van der Waals surface area contributed by atoms with E-state index in [4.69, 9.17) is 0 Å². The van der Waals surface area contributed by atoms with Gasteiger partial charge in [-0.1, -0.05) is 0 Å². The Labute approximate surface area is 32.6 Å². The number of rotatable bonds is 0. The van der Waals surface area contributed by atoms with Gasteiger partial charge >= 0.3 is 0 Å². The van der Waals surface area contributed by atoms with E-state index in [1.807, 2.05) is 0 Å². The summed E-state index contributed by atoms with van der Waals surface area (Å²) in [6.07, 6.45) is 0. The number of quaternary nitrogens is 1. The highest BCUT2D eigenvalue weighted by molar-refractivity contribution is 4.52. The largest absolute Gasteiger partial charge is 0.326 e. The molecule has 30 valence electrons. The van der Waals surface area contributed by atoms with E-state index >= 15 is 0 Å². The van der Waals surface area contributed by atoms with E-state index in [9.17, 15) is 0 Å². The summed E-state index contributed by atoms with van der Waals surface area (Å²) in [7, 11) is 2.21. The molecule has 0 saturated carbocycles. The smallest absolute Gasteiger partial charge is 0.134 e. The van der Waals surface area contributed by atoms with Crippen LogP contribution in [-0.2, 0) is 0 Å². The molecule has 0 aromatic heterocycles. The van der Waals surface area contributed by atoms with E-state index in [0.717, 1.165) is 6.04 Å². The summed E-state index contributed by atoms with van der Waals surface area (Å²) >= 11 is 0. The molecule has 1 aliphatic rings. The molecule has 0 spiro atoms. The lowest BCUT2D eigenvalue weighted by Gasteiger charge is -1.72. The molecule has 1 rings (SSSR count).